The number of rotatable bonds is 2. The molecule has 0 radical (unpaired) electrons. The number of hydrogen-bond acceptors (Lipinski definition) is 5. The number of carboxylic acid groups (broad SMARTS) is 1. The summed E-state index contributed by atoms with van der Waals surface area (Å²) in [6.07, 6.45) is 2.85. The topological polar surface area (TPSA) is 109 Å². The second-order valence-corrected chi connectivity index (χ2v) is 6.20. The van der Waals surface area contributed by atoms with Crippen molar-refractivity contribution in [2.24, 2.45) is 11.8 Å². The number of anilines is 1. The summed E-state index contributed by atoms with van der Waals surface area (Å²) in [4.78, 5) is 11.0. The standard InChI is InChI=1S/C19H19N3O3/c20-18-14(10-7-12-5-8-13(9-6-12)19(24)25)11-16(21-22-18)15-3-1-2-4-17(15)23/h1-4,11-13,23H,5-6,8-9H2,(H2,20,22)(H,24,25). The Kier molecular flexibility index (Phi) is 4.85. The Bertz CT molecular complexity index is 846. The molecule has 1 aliphatic carbocycles. The maximum absolute atomic E-state index is 11.0. The van der Waals surface area contributed by atoms with Gasteiger partial charge in [0.2, 0.25) is 0 Å². The summed E-state index contributed by atoms with van der Waals surface area (Å²) < 4.78 is 0. The van der Waals surface area contributed by atoms with Gasteiger partial charge in [0.15, 0.2) is 5.82 Å². The van der Waals surface area contributed by atoms with E-state index in [9.17, 15) is 9.90 Å². The molecule has 1 saturated carbocycles. The second kappa shape index (κ2) is 7.22. The van der Waals surface area contributed by atoms with Crippen LogP contribution in [0.25, 0.3) is 11.3 Å². The fraction of sp³-hybridized carbons (Fsp3) is 0.316. The van der Waals surface area contributed by atoms with Gasteiger partial charge >= 0.3 is 5.97 Å². The van der Waals surface area contributed by atoms with Crippen LogP contribution in [0.1, 0.15) is 31.2 Å². The van der Waals surface area contributed by atoms with E-state index in [2.05, 4.69) is 22.0 Å². The van der Waals surface area contributed by atoms with Crippen LogP contribution in [0, 0.1) is 23.7 Å². The molecule has 0 aliphatic heterocycles. The lowest BCUT2D eigenvalue weighted by atomic mass is 9.82. The Balaban J connectivity index is 1.79. The summed E-state index contributed by atoms with van der Waals surface area (Å²) in [6.45, 7) is 0. The van der Waals surface area contributed by atoms with Gasteiger partial charge in [-0.2, -0.15) is 0 Å². The number of aromatic hydroxyl groups is 1. The van der Waals surface area contributed by atoms with Crippen molar-refractivity contribution in [2.45, 2.75) is 25.7 Å². The second-order valence-electron chi connectivity index (χ2n) is 6.20. The van der Waals surface area contributed by atoms with Crippen molar-refractivity contribution < 1.29 is 15.0 Å². The lowest BCUT2D eigenvalue weighted by Gasteiger charge is -2.22. The van der Waals surface area contributed by atoms with Gasteiger partial charge in [-0.3, -0.25) is 4.79 Å². The van der Waals surface area contributed by atoms with Crippen LogP contribution in [0.4, 0.5) is 5.82 Å². The number of nitrogen functional groups attached to an aromatic ring is 1. The third-order valence-electron chi connectivity index (χ3n) is 4.49. The molecule has 1 fully saturated rings. The normalized spacial score (nSPS) is 19.7. The molecule has 0 unspecified atom stereocenters. The largest absolute Gasteiger partial charge is 0.507 e. The van der Waals surface area contributed by atoms with Gasteiger partial charge in [-0.05, 0) is 43.9 Å². The van der Waals surface area contributed by atoms with Gasteiger partial charge < -0.3 is 15.9 Å². The number of nitrogens with zero attached hydrogens (tertiary/aromatic N) is 2. The van der Waals surface area contributed by atoms with Crippen LogP contribution in [0.5, 0.6) is 5.75 Å². The summed E-state index contributed by atoms with van der Waals surface area (Å²) >= 11 is 0. The first-order chi connectivity index (χ1) is 12.0. The molecule has 1 heterocycles. The molecule has 0 bridgehead atoms. The van der Waals surface area contributed by atoms with Gasteiger partial charge in [0.25, 0.3) is 0 Å². The van der Waals surface area contributed by atoms with Crippen molar-refractivity contribution in [2.75, 3.05) is 5.73 Å². The Labute approximate surface area is 145 Å². The van der Waals surface area contributed by atoms with Crippen LogP contribution < -0.4 is 5.73 Å². The lowest BCUT2D eigenvalue weighted by Crippen LogP contribution is -2.20. The van der Waals surface area contributed by atoms with Crippen LogP contribution in [0.2, 0.25) is 0 Å². The van der Waals surface area contributed by atoms with Crippen molar-refractivity contribution in [1.29, 1.82) is 0 Å². The number of carbonyl (C=O) groups is 1. The van der Waals surface area contributed by atoms with Crippen LogP contribution in [0.15, 0.2) is 30.3 Å². The first-order valence-electron chi connectivity index (χ1n) is 8.20. The highest BCUT2D eigenvalue weighted by Gasteiger charge is 2.24. The molecule has 6 heteroatoms. The van der Waals surface area contributed by atoms with Gasteiger partial charge in [-0.25, -0.2) is 0 Å². The van der Waals surface area contributed by atoms with Gasteiger partial charge in [-0.15, -0.1) is 10.2 Å². The first kappa shape index (κ1) is 16.8. The Hall–Kier alpha value is -3.07. The van der Waals surface area contributed by atoms with E-state index in [1.165, 1.54) is 0 Å². The molecule has 4 N–H and O–H groups in total. The highest BCUT2D eigenvalue weighted by molar-refractivity contribution is 5.70. The third kappa shape index (κ3) is 3.89. The Morgan fingerprint density at radius 3 is 2.56 bits per heavy atom. The average molecular weight is 337 g/mol. The van der Waals surface area contributed by atoms with Crippen molar-refractivity contribution >= 4 is 11.8 Å². The molecule has 25 heavy (non-hydrogen) atoms. The van der Waals surface area contributed by atoms with Gasteiger partial charge in [0.1, 0.15) is 5.75 Å². The van der Waals surface area contributed by atoms with Crippen molar-refractivity contribution in [3.05, 3.63) is 35.9 Å². The zero-order valence-corrected chi connectivity index (χ0v) is 13.6. The van der Waals surface area contributed by atoms with E-state index < -0.39 is 5.97 Å². The number of hydrogen-bond donors (Lipinski definition) is 3. The van der Waals surface area contributed by atoms with Crippen LogP contribution in [-0.2, 0) is 4.79 Å². The molecule has 1 aliphatic rings. The number of phenols is 1. The molecule has 1 aromatic carbocycles. The minimum Gasteiger partial charge on any atom is -0.507 e. The van der Waals surface area contributed by atoms with E-state index in [-0.39, 0.29) is 23.4 Å². The highest BCUT2D eigenvalue weighted by Crippen LogP contribution is 2.29. The predicted molar refractivity (Wildman–Crippen MR) is 93.5 cm³/mol. The monoisotopic (exact) mass is 337 g/mol. The number of aliphatic carboxylic acids is 1. The summed E-state index contributed by atoms with van der Waals surface area (Å²) in [5.41, 5.74) is 7.51. The minimum absolute atomic E-state index is 0.118. The van der Waals surface area contributed by atoms with E-state index in [0.717, 1.165) is 12.8 Å². The number of para-hydroxylation sites is 1. The summed E-state index contributed by atoms with van der Waals surface area (Å²) in [5.74, 6) is 5.78. The Morgan fingerprint density at radius 2 is 1.88 bits per heavy atom. The van der Waals surface area contributed by atoms with Gasteiger partial charge in [0.05, 0.1) is 17.2 Å². The van der Waals surface area contributed by atoms with Crippen LogP contribution in [-0.4, -0.2) is 26.4 Å². The maximum atomic E-state index is 11.0. The molecular weight excluding hydrogens is 318 g/mol. The average Bonchev–Trinajstić information content (AvgIpc) is 2.62. The summed E-state index contributed by atoms with van der Waals surface area (Å²) in [5, 5.41) is 26.9. The van der Waals surface area contributed by atoms with E-state index in [0.29, 0.717) is 29.7 Å². The van der Waals surface area contributed by atoms with Gasteiger partial charge in [0, 0.05) is 11.5 Å². The number of carboxylic acids is 1. The molecule has 128 valence electrons. The molecule has 3 rings (SSSR count). The van der Waals surface area contributed by atoms with E-state index in [1.54, 1.807) is 30.3 Å². The number of phenolic OH excluding ortho intramolecular Hbond substituents is 1. The lowest BCUT2D eigenvalue weighted by molar-refractivity contribution is -0.142. The molecule has 0 amide bonds. The SMILES string of the molecule is Nc1nnc(-c2ccccc2O)cc1C#CC1CCC(C(=O)O)CC1. The molecular formula is C19H19N3O3. The minimum atomic E-state index is -0.721. The summed E-state index contributed by atoms with van der Waals surface area (Å²) in [6, 6.07) is 8.59. The van der Waals surface area contributed by atoms with Crippen LogP contribution >= 0.6 is 0 Å². The van der Waals surface area contributed by atoms with Gasteiger partial charge in [-0.1, -0.05) is 24.0 Å². The molecule has 6 nitrogen and oxygen atoms in total. The first-order valence-corrected chi connectivity index (χ1v) is 8.20. The number of benzene rings is 1. The number of aromatic nitrogens is 2. The Morgan fingerprint density at radius 1 is 1.16 bits per heavy atom. The van der Waals surface area contributed by atoms with Crippen molar-refractivity contribution in [3.63, 3.8) is 0 Å². The molecule has 0 atom stereocenters. The molecule has 1 aromatic heterocycles. The van der Waals surface area contributed by atoms with Crippen LogP contribution in [0.3, 0.4) is 0 Å². The van der Waals surface area contributed by atoms with Crippen molar-refractivity contribution in [3.8, 4) is 28.8 Å². The van der Waals surface area contributed by atoms with E-state index >= 15 is 0 Å². The molecule has 0 saturated heterocycles. The summed E-state index contributed by atoms with van der Waals surface area (Å²) in [7, 11) is 0. The fourth-order valence-corrected chi connectivity index (χ4v) is 2.99. The zero-order chi connectivity index (χ0) is 17.8. The van der Waals surface area contributed by atoms with E-state index in [4.69, 9.17) is 10.8 Å². The molecule has 0 spiro atoms. The van der Waals surface area contributed by atoms with Crippen molar-refractivity contribution in [1.82, 2.24) is 10.2 Å². The highest BCUT2D eigenvalue weighted by atomic mass is 16.4. The quantitative estimate of drug-likeness (QED) is 0.727. The fourth-order valence-electron chi connectivity index (χ4n) is 2.99. The predicted octanol–water partition coefficient (Wildman–Crippen LogP) is 2.67. The zero-order valence-electron chi connectivity index (χ0n) is 13.6. The number of nitrogens with two attached hydrogens (primary N) is 1. The maximum Gasteiger partial charge on any atom is 0.306 e. The third-order valence-corrected chi connectivity index (χ3v) is 4.49. The van der Waals surface area contributed by atoms with E-state index in [1.807, 2.05) is 0 Å². The smallest absolute Gasteiger partial charge is 0.306 e. The molecule has 2 aromatic rings.